The molecule has 0 bridgehead atoms. The van der Waals surface area contributed by atoms with Crippen LogP contribution in [0.3, 0.4) is 0 Å². The third kappa shape index (κ3) is 3.02. The van der Waals surface area contributed by atoms with E-state index < -0.39 is 23.2 Å². The highest BCUT2D eigenvalue weighted by Crippen LogP contribution is 2.40. The van der Waals surface area contributed by atoms with Gasteiger partial charge in [0.2, 0.25) is 0 Å². The van der Waals surface area contributed by atoms with Gasteiger partial charge in [-0.05, 0) is 51.3 Å². The lowest BCUT2D eigenvalue weighted by molar-refractivity contribution is -0.150. The molecule has 0 aliphatic carbocycles. The van der Waals surface area contributed by atoms with Crippen LogP contribution in [0.25, 0.3) is 0 Å². The summed E-state index contributed by atoms with van der Waals surface area (Å²) in [4.78, 5) is 29.6. The molecule has 0 spiro atoms. The van der Waals surface area contributed by atoms with Crippen molar-refractivity contribution in [2.45, 2.75) is 44.8 Å². The van der Waals surface area contributed by atoms with E-state index in [0.717, 1.165) is 0 Å². The number of aliphatic carboxylic acids is 1. The molecule has 1 amide bonds. The minimum atomic E-state index is -1.46. The van der Waals surface area contributed by atoms with Crippen LogP contribution >= 0.6 is 11.6 Å². The smallest absolute Gasteiger partial charge is 0.411 e. The molecule has 1 aliphatic rings. The van der Waals surface area contributed by atoms with Gasteiger partial charge in [-0.3, -0.25) is 4.90 Å². The molecule has 6 nitrogen and oxygen atoms in total. The number of hydrogen-bond donors (Lipinski definition) is 1. The fourth-order valence-corrected chi connectivity index (χ4v) is 2.86. The first-order valence-corrected chi connectivity index (χ1v) is 7.41. The maximum atomic E-state index is 12.4. The SMILES string of the molecule is CC(C)(C)OC(=O)N1CCCC1(C(=O)O)c1ccnc(Cl)c1. The summed E-state index contributed by atoms with van der Waals surface area (Å²) < 4.78 is 5.35. The van der Waals surface area contributed by atoms with Gasteiger partial charge in [-0.25, -0.2) is 14.6 Å². The summed E-state index contributed by atoms with van der Waals surface area (Å²) in [6.45, 7) is 5.55. The van der Waals surface area contributed by atoms with Gasteiger partial charge in [0.25, 0.3) is 0 Å². The summed E-state index contributed by atoms with van der Waals surface area (Å²) in [7, 11) is 0. The lowest BCUT2D eigenvalue weighted by Gasteiger charge is -2.36. The van der Waals surface area contributed by atoms with E-state index in [4.69, 9.17) is 16.3 Å². The summed E-state index contributed by atoms with van der Waals surface area (Å²) in [6, 6.07) is 3.06. The molecule has 0 radical (unpaired) electrons. The van der Waals surface area contributed by atoms with Crippen LogP contribution < -0.4 is 0 Å². The Morgan fingerprint density at radius 1 is 1.45 bits per heavy atom. The Balaban J connectivity index is 2.45. The summed E-state index contributed by atoms with van der Waals surface area (Å²) in [5.74, 6) is -1.10. The Bertz CT molecular complexity index is 599. The van der Waals surface area contributed by atoms with Crippen molar-refractivity contribution >= 4 is 23.7 Å². The average molecular weight is 327 g/mol. The summed E-state index contributed by atoms with van der Waals surface area (Å²) in [6.07, 6.45) is 1.68. The van der Waals surface area contributed by atoms with Gasteiger partial charge in [-0.2, -0.15) is 0 Å². The Kier molecular flexibility index (Phi) is 4.33. The molecule has 1 saturated heterocycles. The van der Waals surface area contributed by atoms with E-state index in [1.54, 1.807) is 26.8 Å². The minimum Gasteiger partial charge on any atom is -0.479 e. The predicted octanol–water partition coefficient (Wildman–Crippen LogP) is 3.05. The van der Waals surface area contributed by atoms with E-state index in [1.165, 1.54) is 17.2 Å². The quantitative estimate of drug-likeness (QED) is 0.845. The summed E-state index contributed by atoms with van der Waals surface area (Å²) in [5.41, 5.74) is -1.72. The molecule has 1 aromatic rings. The van der Waals surface area contributed by atoms with E-state index >= 15 is 0 Å². The highest BCUT2D eigenvalue weighted by Gasteiger charge is 2.52. The van der Waals surface area contributed by atoms with Gasteiger partial charge in [0.05, 0.1) is 0 Å². The number of nitrogens with zero attached hydrogens (tertiary/aromatic N) is 2. The zero-order chi connectivity index (χ0) is 16.5. The molecule has 1 N–H and O–H groups in total. The minimum absolute atomic E-state index is 0.189. The molecule has 0 saturated carbocycles. The van der Waals surface area contributed by atoms with Crippen molar-refractivity contribution in [3.05, 3.63) is 29.0 Å². The average Bonchev–Trinajstić information content (AvgIpc) is 2.82. The molecule has 0 aromatic carbocycles. The van der Waals surface area contributed by atoms with Crippen LogP contribution in [-0.2, 0) is 15.1 Å². The Morgan fingerprint density at radius 3 is 2.68 bits per heavy atom. The number of hydrogen-bond acceptors (Lipinski definition) is 4. The van der Waals surface area contributed by atoms with Crippen LogP contribution in [0, 0.1) is 0 Å². The maximum Gasteiger partial charge on any atom is 0.411 e. The first-order valence-electron chi connectivity index (χ1n) is 7.03. The Morgan fingerprint density at radius 2 is 2.14 bits per heavy atom. The fourth-order valence-electron chi connectivity index (χ4n) is 2.69. The molecule has 1 unspecified atom stereocenters. The number of carboxylic acids is 1. The number of carbonyl (C=O) groups is 2. The number of pyridine rings is 1. The van der Waals surface area contributed by atoms with E-state index in [2.05, 4.69) is 4.98 Å². The molecular formula is C15H19ClN2O4. The lowest BCUT2D eigenvalue weighted by atomic mass is 9.88. The molecule has 1 aromatic heterocycles. The number of carboxylic acid groups (broad SMARTS) is 1. The monoisotopic (exact) mass is 326 g/mol. The highest BCUT2D eigenvalue weighted by molar-refractivity contribution is 6.29. The second-order valence-corrected chi connectivity index (χ2v) is 6.66. The molecule has 22 heavy (non-hydrogen) atoms. The highest BCUT2D eigenvalue weighted by atomic mass is 35.5. The largest absolute Gasteiger partial charge is 0.479 e. The number of halogens is 1. The van der Waals surface area contributed by atoms with E-state index in [-0.39, 0.29) is 5.15 Å². The van der Waals surface area contributed by atoms with Gasteiger partial charge in [0.15, 0.2) is 5.54 Å². The van der Waals surface area contributed by atoms with Crippen molar-refractivity contribution in [2.75, 3.05) is 6.54 Å². The van der Waals surface area contributed by atoms with Gasteiger partial charge >= 0.3 is 12.1 Å². The number of amides is 1. The van der Waals surface area contributed by atoms with Crippen molar-refractivity contribution in [3.63, 3.8) is 0 Å². The van der Waals surface area contributed by atoms with Crippen molar-refractivity contribution in [2.24, 2.45) is 0 Å². The topological polar surface area (TPSA) is 79.7 Å². The van der Waals surface area contributed by atoms with Gasteiger partial charge in [0.1, 0.15) is 10.8 Å². The Hall–Kier alpha value is -1.82. The lowest BCUT2D eigenvalue weighted by Crippen LogP contribution is -2.52. The molecule has 2 rings (SSSR count). The third-order valence-corrected chi connectivity index (χ3v) is 3.76. The van der Waals surface area contributed by atoms with Gasteiger partial charge < -0.3 is 9.84 Å². The zero-order valence-corrected chi connectivity index (χ0v) is 13.6. The van der Waals surface area contributed by atoms with Gasteiger partial charge in [0, 0.05) is 12.7 Å². The second-order valence-electron chi connectivity index (χ2n) is 6.27. The van der Waals surface area contributed by atoms with E-state index in [0.29, 0.717) is 24.9 Å². The molecule has 120 valence electrons. The van der Waals surface area contributed by atoms with Crippen LogP contribution in [0.5, 0.6) is 0 Å². The van der Waals surface area contributed by atoms with Crippen LogP contribution in [-0.4, -0.2) is 39.2 Å². The second kappa shape index (κ2) is 5.76. The first-order chi connectivity index (χ1) is 10.2. The molecule has 1 aliphatic heterocycles. The molecule has 2 heterocycles. The number of ether oxygens (including phenoxy) is 1. The predicted molar refractivity (Wildman–Crippen MR) is 80.7 cm³/mol. The van der Waals surface area contributed by atoms with Crippen LogP contribution in [0.2, 0.25) is 5.15 Å². The van der Waals surface area contributed by atoms with Gasteiger partial charge in [-0.1, -0.05) is 11.6 Å². The van der Waals surface area contributed by atoms with Crippen molar-refractivity contribution in [3.8, 4) is 0 Å². The summed E-state index contributed by atoms with van der Waals surface area (Å²) >= 11 is 5.88. The molecule has 1 atom stereocenters. The molecule has 1 fully saturated rings. The number of rotatable bonds is 2. The maximum absolute atomic E-state index is 12.4. The normalized spacial score (nSPS) is 21.7. The summed E-state index contributed by atoms with van der Waals surface area (Å²) in [5, 5.41) is 10.0. The number of likely N-dealkylation sites (tertiary alicyclic amines) is 1. The first kappa shape index (κ1) is 16.5. The Labute approximate surface area is 134 Å². The number of carbonyl (C=O) groups excluding carboxylic acids is 1. The zero-order valence-electron chi connectivity index (χ0n) is 12.8. The van der Waals surface area contributed by atoms with Crippen LogP contribution in [0.15, 0.2) is 18.3 Å². The van der Waals surface area contributed by atoms with E-state index in [1.807, 2.05) is 0 Å². The third-order valence-electron chi connectivity index (χ3n) is 3.55. The fraction of sp³-hybridized carbons (Fsp3) is 0.533. The van der Waals surface area contributed by atoms with Crippen LogP contribution in [0.1, 0.15) is 39.2 Å². The van der Waals surface area contributed by atoms with Crippen LogP contribution in [0.4, 0.5) is 4.79 Å². The number of aromatic nitrogens is 1. The standard InChI is InChI=1S/C15H19ClN2O4/c1-14(2,3)22-13(21)18-8-4-6-15(18,12(19)20)10-5-7-17-11(16)9-10/h5,7,9H,4,6,8H2,1-3H3,(H,19,20). The van der Waals surface area contributed by atoms with E-state index in [9.17, 15) is 14.7 Å². The van der Waals surface area contributed by atoms with Gasteiger partial charge in [-0.15, -0.1) is 0 Å². The van der Waals surface area contributed by atoms with Crippen molar-refractivity contribution in [1.29, 1.82) is 0 Å². The van der Waals surface area contributed by atoms with Crippen molar-refractivity contribution in [1.82, 2.24) is 9.88 Å². The van der Waals surface area contributed by atoms with Crippen molar-refractivity contribution < 1.29 is 19.4 Å². The molecular weight excluding hydrogens is 308 g/mol. The molecule has 7 heteroatoms.